The summed E-state index contributed by atoms with van der Waals surface area (Å²) in [6, 6.07) is 8.79. The number of carbonyl (C=O) groups excluding carboxylic acids is 1. The fourth-order valence-electron chi connectivity index (χ4n) is 3.88. The zero-order chi connectivity index (χ0) is 20.9. The lowest BCUT2D eigenvalue weighted by Gasteiger charge is -2.15. The van der Waals surface area contributed by atoms with E-state index < -0.39 is 0 Å². The van der Waals surface area contributed by atoms with Crippen LogP contribution in [0, 0.1) is 0 Å². The summed E-state index contributed by atoms with van der Waals surface area (Å²) in [5.41, 5.74) is 13.2. The minimum atomic E-state index is -0.0762. The minimum absolute atomic E-state index is 0.00921. The fourth-order valence-corrected chi connectivity index (χ4v) is 3.88. The summed E-state index contributed by atoms with van der Waals surface area (Å²) >= 11 is 0. The maximum absolute atomic E-state index is 12.4. The van der Waals surface area contributed by atoms with Crippen LogP contribution in [0.5, 0.6) is 0 Å². The van der Waals surface area contributed by atoms with Crippen LogP contribution in [0.3, 0.4) is 0 Å². The molecule has 2 aromatic rings. The predicted molar refractivity (Wildman–Crippen MR) is 113 cm³/mol. The monoisotopic (exact) mass is 409 g/mol. The van der Waals surface area contributed by atoms with Crippen LogP contribution >= 0.6 is 0 Å². The van der Waals surface area contributed by atoms with Gasteiger partial charge in [0.15, 0.2) is 0 Å². The highest BCUT2D eigenvalue weighted by molar-refractivity contribution is 5.78. The Balaban J connectivity index is 1.27. The normalized spacial score (nSPS) is 15.8. The first-order chi connectivity index (χ1) is 14.7. The summed E-state index contributed by atoms with van der Waals surface area (Å²) in [6.45, 7) is 1.34. The number of aromatic nitrogens is 2. The number of nitrogens with two attached hydrogens (primary N) is 2. The van der Waals surface area contributed by atoms with Gasteiger partial charge in [0.2, 0.25) is 11.9 Å². The summed E-state index contributed by atoms with van der Waals surface area (Å²) in [6.07, 6.45) is 5.66. The first-order valence-electron chi connectivity index (χ1n) is 10.1. The molecular formula is C21H27N7O2. The number of anilines is 1. The second-order valence-corrected chi connectivity index (χ2v) is 7.57. The predicted octanol–water partition coefficient (Wildman–Crippen LogP) is 0.568. The van der Waals surface area contributed by atoms with Gasteiger partial charge in [0.25, 0.3) is 0 Å². The van der Waals surface area contributed by atoms with Gasteiger partial charge in [-0.25, -0.2) is 9.97 Å². The lowest BCUT2D eigenvalue weighted by molar-refractivity contribution is -0.136. The lowest BCUT2D eigenvalue weighted by atomic mass is 10.1. The molecule has 1 aromatic heterocycles. The number of hydrogen-bond acceptors (Lipinski definition) is 8. The molecule has 158 valence electrons. The van der Waals surface area contributed by atoms with Crippen LogP contribution in [0.4, 0.5) is 5.95 Å². The van der Waals surface area contributed by atoms with Crippen molar-refractivity contribution in [3.8, 4) is 0 Å². The second-order valence-electron chi connectivity index (χ2n) is 7.57. The molecule has 0 saturated carbocycles. The molecule has 1 aromatic carbocycles. The molecule has 0 bridgehead atoms. The number of nitrogens with one attached hydrogen (secondary N) is 2. The second kappa shape index (κ2) is 9.10. The molecule has 2 aliphatic rings. The first-order valence-corrected chi connectivity index (χ1v) is 10.1. The van der Waals surface area contributed by atoms with E-state index in [4.69, 9.17) is 16.3 Å². The van der Waals surface area contributed by atoms with Crippen molar-refractivity contribution < 1.29 is 9.53 Å². The van der Waals surface area contributed by atoms with Gasteiger partial charge in [0, 0.05) is 42.7 Å². The van der Waals surface area contributed by atoms with Gasteiger partial charge >= 0.3 is 0 Å². The highest BCUT2D eigenvalue weighted by Crippen LogP contribution is 2.25. The van der Waals surface area contributed by atoms with Gasteiger partial charge in [-0.3, -0.25) is 10.6 Å². The molecule has 0 saturated heterocycles. The maximum atomic E-state index is 12.4. The van der Waals surface area contributed by atoms with Crippen LogP contribution in [0.1, 0.15) is 28.8 Å². The Morgan fingerprint density at radius 2 is 2.00 bits per heavy atom. The molecule has 9 heteroatoms. The zero-order valence-corrected chi connectivity index (χ0v) is 16.8. The van der Waals surface area contributed by atoms with Crippen LogP contribution in [0.25, 0.3) is 0 Å². The van der Waals surface area contributed by atoms with Crippen LogP contribution < -0.4 is 22.3 Å². The van der Waals surface area contributed by atoms with Crippen LogP contribution in [0.15, 0.2) is 42.4 Å². The van der Waals surface area contributed by atoms with Crippen molar-refractivity contribution in [1.29, 1.82) is 0 Å². The average Bonchev–Trinajstić information content (AvgIpc) is 3.37. The van der Waals surface area contributed by atoms with E-state index in [1.165, 1.54) is 17.3 Å². The summed E-state index contributed by atoms with van der Waals surface area (Å²) in [5, 5.41) is 3.44. The molecule has 0 fully saturated rings. The van der Waals surface area contributed by atoms with E-state index >= 15 is 0 Å². The van der Waals surface area contributed by atoms with Gasteiger partial charge in [0.1, 0.15) is 6.61 Å². The Morgan fingerprint density at radius 1 is 1.23 bits per heavy atom. The molecule has 6 N–H and O–H groups in total. The quantitative estimate of drug-likeness (QED) is 0.283. The van der Waals surface area contributed by atoms with Crippen molar-refractivity contribution in [2.75, 3.05) is 18.5 Å². The van der Waals surface area contributed by atoms with Gasteiger partial charge < -0.3 is 26.1 Å². The Bertz CT molecular complexity index is 922. The third-order valence-electron chi connectivity index (χ3n) is 5.52. The van der Waals surface area contributed by atoms with Gasteiger partial charge in [-0.15, -0.1) is 0 Å². The Labute approximate surface area is 175 Å². The lowest BCUT2D eigenvalue weighted by Crippen LogP contribution is -2.30. The van der Waals surface area contributed by atoms with E-state index in [1.807, 2.05) is 6.20 Å². The van der Waals surface area contributed by atoms with Gasteiger partial charge in [-0.05, 0) is 24.0 Å². The van der Waals surface area contributed by atoms with Crippen molar-refractivity contribution in [2.45, 2.75) is 38.4 Å². The number of amides is 1. The summed E-state index contributed by atoms with van der Waals surface area (Å²) in [5.74, 6) is 5.85. The molecule has 1 aliphatic carbocycles. The Morgan fingerprint density at radius 3 is 2.70 bits per heavy atom. The molecule has 0 atom stereocenters. The van der Waals surface area contributed by atoms with E-state index in [9.17, 15) is 4.79 Å². The zero-order valence-electron chi connectivity index (χ0n) is 16.8. The third kappa shape index (κ3) is 4.52. The summed E-state index contributed by atoms with van der Waals surface area (Å²) < 4.78 is 5.45. The molecule has 0 unspecified atom stereocenters. The Hall–Kier alpha value is -3.17. The number of carbonyl (C=O) groups is 1. The van der Waals surface area contributed by atoms with Crippen molar-refractivity contribution in [2.24, 2.45) is 11.6 Å². The molecular weight excluding hydrogens is 382 g/mol. The van der Waals surface area contributed by atoms with Gasteiger partial charge in [-0.2, -0.15) is 0 Å². The molecule has 1 amide bonds. The van der Waals surface area contributed by atoms with Gasteiger partial charge in [0.05, 0.1) is 18.8 Å². The van der Waals surface area contributed by atoms with E-state index in [-0.39, 0.29) is 12.5 Å². The van der Waals surface area contributed by atoms with Gasteiger partial charge in [-0.1, -0.05) is 24.3 Å². The molecule has 0 spiro atoms. The topological polar surface area (TPSA) is 131 Å². The van der Waals surface area contributed by atoms with Crippen molar-refractivity contribution in [3.05, 3.63) is 64.7 Å². The number of fused-ring (bicyclic) bond motifs is 2. The molecule has 1 aliphatic heterocycles. The van der Waals surface area contributed by atoms with Crippen LogP contribution in [-0.4, -0.2) is 40.0 Å². The first kappa shape index (κ1) is 20.1. The largest absolute Gasteiger partial charge is 0.403 e. The van der Waals surface area contributed by atoms with Crippen molar-refractivity contribution in [1.82, 2.24) is 20.3 Å². The number of hydrogen-bond donors (Lipinski definition) is 4. The summed E-state index contributed by atoms with van der Waals surface area (Å²) in [7, 11) is 0. The smallest absolute Gasteiger partial charge is 0.249 e. The molecule has 0 radical (unpaired) electrons. The summed E-state index contributed by atoms with van der Waals surface area (Å²) in [4.78, 5) is 23.3. The number of nitrogens with zero attached hydrogens (tertiary/aromatic N) is 3. The molecule has 2 heterocycles. The number of ether oxygens (including phenoxy) is 1. The van der Waals surface area contributed by atoms with E-state index in [0.29, 0.717) is 43.8 Å². The van der Waals surface area contributed by atoms with E-state index in [1.54, 1.807) is 4.90 Å². The van der Waals surface area contributed by atoms with E-state index in [2.05, 4.69) is 45.0 Å². The Kier molecular flexibility index (Phi) is 6.10. The maximum Gasteiger partial charge on any atom is 0.249 e. The van der Waals surface area contributed by atoms with Crippen molar-refractivity contribution >= 4 is 11.9 Å². The highest BCUT2D eigenvalue weighted by atomic mass is 16.5. The average molecular weight is 409 g/mol. The number of benzene rings is 1. The number of hydrazine groups is 1. The SMILES string of the molecule is N/C=C(/CCOCC(=O)N1Cc2cnc(NC3Cc4ccccc4C3)nc2C1)NN. The van der Waals surface area contributed by atoms with Crippen molar-refractivity contribution in [3.63, 3.8) is 0 Å². The standard InChI is InChI=1S/C21H27N7O2/c22-9-17(27-23)5-6-30-13-20(29)28-11-16-10-24-21(26-19(16)12-28)25-18-7-14-3-1-2-4-15(14)8-18/h1-4,9-10,18,27H,5-8,11-13,22-23H2,(H,24,25,26)/b17-9-. The third-order valence-corrected chi connectivity index (χ3v) is 5.52. The van der Waals surface area contributed by atoms with Crippen LogP contribution in [-0.2, 0) is 35.5 Å². The minimum Gasteiger partial charge on any atom is -0.403 e. The molecule has 30 heavy (non-hydrogen) atoms. The fraction of sp³-hybridized carbons (Fsp3) is 0.381. The molecule has 4 rings (SSSR count). The molecule has 9 nitrogen and oxygen atoms in total. The van der Waals surface area contributed by atoms with Crippen LogP contribution in [0.2, 0.25) is 0 Å². The highest BCUT2D eigenvalue weighted by Gasteiger charge is 2.26. The van der Waals surface area contributed by atoms with E-state index in [0.717, 1.165) is 24.1 Å². The number of rotatable bonds is 8.